The molecule has 0 aromatic heterocycles. The summed E-state index contributed by atoms with van der Waals surface area (Å²) in [4.78, 5) is 4.58. The highest BCUT2D eigenvalue weighted by Gasteiger charge is 2.19. The average molecular weight is 414 g/mol. The van der Waals surface area contributed by atoms with E-state index in [2.05, 4.69) is 4.99 Å². The molecule has 3 nitrogen and oxygen atoms in total. The predicted octanol–water partition coefficient (Wildman–Crippen LogP) is 6.49. The van der Waals surface area contributed by atoms with Crippen LogP contribution in [0.2, 0.25) is 10.0 Å². The Morgan fingerprint density at radius 2 is 1.75 bits per heavy atom. The van der Waals surface area contributed by atoms with Gasteiger partial charge in [0, 0.05) is 5.56 Å². The first-order valence-electron chi connectivity index (χ1n) is 8.48. The van der Waals surface area contributed by atoms with Crippen LogP contribution in [0.15, 0.2) is 78.0 Å². The number of benzene rings is 3. The maximum absolute atomic E-state index is 13.9. The zero-order valence-electron chi connectivity index (χ0n) is 14.5. The third kappa shape index (κ3) is 4.03. The fourth-order valence-corrected chi connectivity index (χ4v) is 3.01. The minimum atomic E-state index is -0.406. The quantitative estimate of drug-likeness (QED) is 0.491. The Labute approximate surface area is 171 Å². The Bertz CT molecular complexity index is 1080. The first-order valence-corrected chi connectivity index (χ1v) is 9.23. The van der Waals surface area contributed by atoms with Gasteiger partial charge in [0.1, 0.15) is 30.1 Å². The summed E-state index contributed by atoms with van der Waals surface area (Å²) in [6.45, 7) is 0.282. The van der Waals surface area contributed by atoms with E-state index in [0.29, 0.717) is 32.6 Å². The van der Waals surface area contributed by atoms with Gasteiger partial charge in [0.25, 0.3) is 0 Å². The van der Waals surface area contributed by atoms with Crippen LogP contribution in [0.3, 0.4) is 0 Å². The van der Waals surface area contributed by atoms with Crippen LogP contribution >= 0.6 is 23.2 Å². The van der Waals surface area contributed by atoms with Gasteiger partial charge in [0.15, 0.2) is 0 Å². The van der Waals surface area contributed by atoms with Gasteiger partial charge < -0.3 is 9.47 Å². The molecule has 0 N–H and O–H groups in total. The van der Waals surface area contributed by atoms with Crippen LogP contribution in [0.5, 0.6) is 5.75 Å². The SMILES string of the molecule is Fc1ccc2c(c1)C(OCc1ccccc1)=NC(c1ccc(Cl)c(Cl)c1)=CO2. The van der Waals surface area contributed by atoms with Crippen molar-refractivity contribution >= 4 is 34.8 Å². The number of halogens is 3. The molecule has 1 heterocycles. The third-order valence-corrected chi connectivity index (χ3v) is 4.86. The largest absolute Gasteiger partial charge is 0.472 e. The van der Waals surface area contributed by atoms with Gasteiger partial charge in [-0.15, -0.1) is 0 Å². The molecule has 3 aromatic carbocycles. The zero-order chi connectivity index (χ0) is 19.5. The summed E-state index contributed by atoms with van der Waals surface area (Å²) in [5.41, 5.74) is 2.58. The van der Waals surface area contributed by atoms with Crippen LogP contribution in [-0.2, 0) is 11.3 Å². The number of nitrogens with zero attached hydrogens (tertiary/aromatic N) is 1. The van der Waals surface area contributed by atoms with Gasteiger partial charge in [0.2, 0.25) is 5.90 Å². The van der Waals surface area contributed by atoms with Gasteiger partial charge in [-0.05, 0) is 35.9 Å². The number of ether oxygens (including phenoxy) is 2. The van der Waals surface area contributed by atoms with Crippen LogP contribution in [-0.4, -0.2) is 5.90 Å². The lowest BCUT2D eigenvalue weighted by atomic mass is 10.1. The highest BCUT2D eigenvalue weighted by molar-refractivity contribution is 6.42. The van der Waals surface area contributed by atoms with Gasteiger partial charge in [0.05, 0.1) is 15.6 Å². The molecule has 0 bridgehead atoms. The Kier molecular flexibility index (Phi) is 5.33. The highest BCUT2D eigenvalue weighted by Crippen LogP contribution is 2.31. The smallest absolute Gasteiger partial charge is 0.225 e. The molecular formula is C22H14Cl2FNO2. The maximum Gasteiger partial charge on any atom is 0.225 e. The number of rotatable bonds is 3. The lowest BCUT2D eigenvalue weighted by Gasteiger charge is -2.11. The second-order valence-electron chi connectivity index (χ2n) is 6.08. The van der Waals surface area contributed by atoms with Crippen molar-refractivity contribution < 1.29 is 13.9 Å². The first-order chi connectivity index (χ1) is 13.6. The molecule has 28 heavy (non-hydrogen) atoms. The zero-order valence-corrected chi connectivity index (χ0v) is 16.0. The van der Waals surface area contributed by atoms with E-state index in [-0.39, 0.29) is 12.5 Å². The first kappa shape index (κ1) is 18.5. The lowest BCUT2D eigenvalue weighted by Crippen LogP contribution is -2.08. The molecule has 140 valence electrons. The van der Waals surface area contributed by atoms with E-state index in [1.54, 1.807) is 24.3 Å². The fourth-order valence-electron chi connectivity index (χ4n) is 2.71. The average Bonchev–Trinajstić information content (AvgIpc) is 2.89. The van der Waals surface area contributed by atoms with E-state index < -0.39 is 5.82 Å². The van der Waals surface area contributed by atoms with Crippen LogP contribution in [0.4, 0.5) is 4.39 Å². The summed E-state index contributed by atoms with van der Waals surface area (Å²) >= 11 is 12.1. The minimum Gasteiger partial charge on any atom is -0.472 e. The Balaban J connectivity index is 1.73. The molecule has 1 aliphatic heterocycles. The molecule has 0 aliphatic carbocycles. The molecule has 6 heteroatoms. The van der Waals surface area contributed by atoms with E-state index in [1.165, 1.54) is 18.4 Å². The van der Waals surface area contributed by atoms with Crippen LogP contribution in [0, 0.1) is 5.82 Å². The number of hydrogen-bond donors (Lipinski definition) is 0. The van der Waals surface area contributed by atoms with Crippen molar-refractivity contribution in [2.45, 2.75) is 6.61 Å². The maximum atomic E-state index is 13.9. The molecule has 0 radical (unpaired) electrons. The van der Waals surface area contributed by atoms with Crippen LogP contribution < -0.4 is 4.74 Å². The molecule has 0 saturated heterocycles. The summed E-state index contributed by atoms with van der Waals surface area (Å²) in [5.74, 6) is 0.299. The molecule has 0 amide bonds. The van der Waals surface area contributed by atoms with Crippen molar-refractivity contribution in [2.24, 2.45) is 4.99 Å². The molecule has 0 saturated carbocycles. The topological polar surface area (TPSA) is 30.8 Å². The second kappa shape index (κ2) is 8.05. The number of hydrogen-bond acceptors (Lipinski definition) is 3. The van der Waals surface area contributed by atoms with Crippen molar-refractivity contribution in [1.29, 1.82) is 0 Å². The van der Waals surface area contributed by atoms with Crippen molar-refractivity contribution in [3.8, 4) is 5.75 Å². The molecule has 0 spiro atoms. The van der Waals surface area contributed by atoms with Gasteiger partial charge in [-0.25, -0.2) is 9.38 Å². The van der Waals surface area contributed by atoms with Gasteiger partial charge in [-0.2, -0.15) is 0 Å². The van der Waals surface area contributed by atoms with Crippen molar-refractivity contribution in [1.82, 2.24) is 0 Å². The van der Waals surface area contributed by atoms with E-state index in [9.17, 15) is 4.39 Å². The Hall–Kier alpha value is -2.82. The van der Waals surface area contributed by atoms with E-state index in [0.717, 1.165) is 5.56 Å². The molecule has 4 rings (SSSR count). The summed E-state index contributed by atoms with van der Waals surface area (Å²) in [6, 6.07) is 19.0. The summed E-state index contributed by atoms with van der Waals surface area (Å²) in [5, 5.41) is 0.838. The molecular weight excluding hydrogens is 400 g/mol. The summed E-state index contributed by atoms with van der Waals surface area (Å²) < 4.78 is 25.5. The van der Waals surface area contributed by atoms with Crippen molar-refractivity contribution in [3.05, 3.63) is 106 Å². The van der Waals surface area contributed by atoms with Gasteiger partial charge in [-0.3, -0.25) is 0 Å². The monoisotopic (exact) mass is 413 g/mol. The molecule has 0 atom stereocenters. The van der Waals surface area contributed by atoms with Crippen LogP contribution in [0.1, 0.15) is 16.7 Å². The second-order valence-corrected chi connectivity index (χ2v) is 6.90. The number of aliphatic imine (C=N–C) groups is 1. The normalized spacial score (nSPS) is 13.0. The highest BCUT2D eigenvalue weighted by atomic mass is 35.5. The Morgan fingerprint density at radius 1 is 0.929 bits per heavy atom. The summed E-state index contributed by atoms with van der Waals surface area (Å²) in [6.07, 6.45) is 1.48. The standard InChI is InChI=1S/C22H14Cl2FNO2/c23-18-8-6-15(10-19(18)24)20-13-27-21-9-7-16(25)11-17(21)22(26-20)28-12-14-4-2-1-3-5-14/h1-11,13H,12H2. The molecule has 0 fully saturated rings. The fraction of sp³-hybridized carbons (Fsp3) is 0.0455. The van der Waals surface area contributed by atoms with Crippen molar-refractivity contribution in [2.75, 3.05) is 0 Å². The predicted molar refractivity (Wildman–Crippen MR) is 109 cm³/mol. The van der Waals surface area contributed by atoms with E-state index >= 15 is 0 Å². The lowest BCUT2D eigenvalue weighted by molar-refractivity contribution is 0.293. The minimum absolute atomic E-state index is 0.258. The van der Waals surface area contributed by atoms with Crippen LogP contribution in [0.25, 0.3) is 5.70 Å². The van der Waals surface area contributed by atoms with E-state index in [4.69, 9.17) is 32.7 Å². The van der Waals surface area contributed by atoms with E-state index in [1.807, 2.05) is 30.3 Å². The summed E-state index contributed by atoms with van der Waals surface area (Å²) in [7, 11) is 0. The molecule has 0 unspecified atom stereocenters. The van der Waals surface area contributed by atoms with Gasteiger partial charge in [-0.1, -0.05) is 59.6 Å². The van der Waals surface area contributed by atoms with Crippen molar-refractivity contribution in [3.63, 3.8) is 0 Å². The van der Waals surface area contributed by atoms with Gasteiger partial charge >= 0.3 is 0 Å². The Morgan fingerprint density at radius 3 is 2.54 bits per heavy atom. The number of fused-ring (bicyclic) bond motifs is 1. The molecule has 3 aromatic rings. The molecule has 1 aliphatic rings. The third-order valence-electron chi connectivity index (χ3n) is 4.13.